The van der Waals surface area contributed by atoms with Gasteiger partial charge in [-0.25, -0.2) is 12.8 Å². The molecule has 2 bridgehead atoms. The SMILES string of the molecule is COc1ccc2c3c1O[C@@H]1[C@@H](NC(=O)/C=C/c4ccoc4)CC[C@]4(O)[C@H](C2)N(S(=O)(=O)c2ccccc2F)CC[C@@]314. The zero-order valence-corrected chi connectivity index (χ0v) is 23.1. The van der Waals surface area contributed by atoms with Crippen molar-refractivity contribution < 1.29 is 36.6 Å². The molecule has 1 amide bonds. The minimum Gasteiger partial charge on any atom is -0.493 e. The van der Waals surface area contributed by atoms with Crippen molar-refractivity contribution in [1.29, 1.82) is 0 Å². The molecule has 2 fully saturated rings. The number of benzene rings is 2. The second kappa shape index (κ2) is 9.17. The number of hydrogen-bond donors (Lipinski definition) is 2. The standard InChI is InChI=1S/C30H29FN2O7S/c1-38-22-8-7-19-16-24-30(35)12-10-21(32-25(34)9-6-18-11-15-39-17-18)28-29(30,26(19)27(22)40-28)13-14-33(24)41(36,37)23-5-3-2-4-20(23)31/h2-9,11,15,17,21,24,28,35H,10,12-14,16H2,1H3,(H,32,34)/b9-6+/t21-,24-,28+,29+,30-/m0/s1. The van der Waals surface area contributed by atoms with E-state index in [0.29, 0.717) is 17.9 Å². The van der Waals surface area contributed by atoms with Crippen molar-refractivity contribution >= 4 is 22.0 Å². The van der Waals surface area contributed by atoms with Crippen LogP contribution in [0.25, 0.3) is 6.08 Å². The molecule has 2 aliphatic heterocycles. The summed E-state index contributed by atoms with van der Waals surface area (Å²) in [4.78, 5) is 12.6. The smallest absolute Gasteiger partial charge is 0.246 e. The van der Waals surface area contributed by atoms with E-state index in [1.807, 2.05) is 6.07 Å². The second-order valence-electron chi connectivity index (χ2n) is 11.1. The first-order valence-corrected chi connectivity index (χ1v) is 15.0. The quantitative estimate of drug-likeness (QED) is 0.430. The van der Waals surface area contributed by atoms with E-state index in [1.54, 1.807) is 25.3 Å². The Balaban J connectivity index is 1.30. The lowest BCUT2D eigenvalue weighted by Gasteiger charge is -2.63. The van der Waals surface area contributed by atoms with Crippen molar-refractivity contribution in [3.05, 3.63) is 83.6 Å². The monoisotopic (exact) mass is 580 g/mol. The summed E-state index contributed by atoms with van der Waals surface area (Å²) in [6.45, 7) is 0.0562. The third-order valence-corrected chi connectivity index (χ3v) is 11.3. The molecule has 2 aromatic carbocycles. The van der Waals surface area contributed by atoms with Crippen LogP contribution in [0.2, 0.25) is 0 Å². The largest absolute Gasteiger partial charge is 0.493 e. The van der Waals surface area contributed by atoms with E-state index in [0.717, 1.165) is 22.8 Å². The van der Waals surface area contributed by atoms with Crippen molar-refractivity contribution in [2.45, 2.75) is 59.8 Å². The van der Waals surface area contributed by atoms with Crippen molar-refractivity contribution in [2.24, 2.45) is 0 Å². The molecule has 1 saturated carbocycles. The molecule has 214 valence electrons. The van der Waals surface area contributed by atoms with Gasteiger partial charge >= 0.3 is 0 Å². The first-order valence-electron chi connectivity index (χ1n) is 13.6. The van der Waals surface area contributed by atoms with Gasteiger partial charge in [-0.1, -0.05) is 18.2 Å². The number of nitrogens with zero attached hydrogens (tertiary/aromatic N) is 1. The number of aliphatic hydroxyl groups is 1. The van der Waals surface area contributed by atoms with Crippen LogP contribution >= 0.6 is 0 Å². The molecule has 2 N–H and O–H groups in total. The van der Waals surface area contributed by atoms with Gasteiger partial charge in [0.15, 0.2) is 11.5 Å². The molecule has 9 nitrogen and oxygen atoms in total. The minimum atomic E-state index is -4.27. The van der Waals surface area contributed by atoms with Crippen LogP contribution in [0.1, 0.15) is 36.0 Å². The minimum absolute atomic E-state index is 0.0562. The maximum atomic E-state index is 14.8. The molecule has 11 heteroatoms. The molecule has 1 aromatic heterocycles. The molecular weight excluding hydrogens is 551 g/mol. The molecule has 7 rings (SSSR count). The number of amides is 1. The molecule has 4 aliphatic rings. The molecular formula is C30H29FN2O7S. The zero-order chi connectivity index (χ0) is 28.6. The summed E-state index contributed by atoms with van der Waals surface area (Å²) in [5.74, 6) is -0.122. The summed E-state index contributed by atoms with van der Waals surface area (Å²) in [6.07, 6.45) is 6.47. The van der Waals surface area contributed by atoms with E-state index in [4.69, 9.17) is 13.9 Å². The van der Waals surface area contributed by atoms with Crippen molar-refractivity contribution in [2.75, 3.05) is 13.7 Å². The Labute approximate surface area is 236 Å². The summed E-state index contributed by atoms with van der Waals surface area (Å²) < 4.78 is 61.0. The van der Waals surface area contributed by atoms with Gasteiger partial charge in [0, 0.05) is 23.7 Å². The molecule has 41 heavy (non-hydrogen) atoms. The fourth-order valence-electron chi connectivity index (χ4n) is 7.65. The summed E-state index contributed by atoms with van der Waals surface area (Å²) in [5, 5.41) is 15.7. The highest BCUT2D eigenvalue weighted by Crippen LogP contribution is 2.65. The Morgan fingerprint density at radius 2 is 2.05 bits per heavy atom. The average molecular weight is 581 g/mol. The van der Waals surface area contributed by atoms with Gasteiger partial charge in [0.25, 0.3) is 0 Å². The molecule has 1 spiro atoms. The highest BCUT2D eigenvalue weighted by atomic mass is 32.2. The van der Waals surface area contributed by atoms with E-state index < -0.39 is 49.9 Å². The van der Waals surface area contributed by atoms with Crippen LogP contribution < -0.4 is 14.8 Å². The first-order chi connectivity index (χ1) is 19.7. The van der Waals surface area contributed by atoms with Gasteiger partial charge < -0.3 is 24.3 Å². The maximum Gasteiger partial charge on any atom is 0.246 e. The Morgan fingerprint density at radius 3 is 2.80 bits per heavy atom. The maximum absolute atomic E-state index is 14.8. The van der Waals surface area contributed by atoms with E-state index in [2.05, 4.69) is 5.32 Å². The number of nitrogens with one attached hydrogen (secondary N) is 1. The molecule has 0 radical (unpaired) electrons. The third kappa shape index (κ3) is 3.58. The van der Waals surface area contributed by atoms with E-state index in [1.165, 1.54) is 41.1 Å². The summed E-state index contributed by atoms with van der Waals surface area (Å²) in [5.41, 5.74) is -0.114. The van der Waals surface area contributed by atoms with Crippen molar-refractivity contribution in [3.8, 4) is 11.5 Å². The lowest BCUT2D eigenvalue weighted by molar-refractivity contribution is -0.177. The number of furan rings is 1. The van der Waals surface area contributed by atoms with Crippen LogP contribution in [-0.2, 0) is 26.7 Å². The Kier molecular flexibility index (Phi) is 5.87. The number of sulfonamides is 1. The van der Waals surface area contributed by atoms with Gasteiger partial charge in [-0.3, -0.25) is 4.79 Å². The van der Waals surface area contributed by atoms with Crippen LogP contribution in [0.3, 0.4) is 0 Å². The highest BCUT2D eigenvalue weighted by Gasteiger charge is 2.74. The van der Waals surface area contributed by atoms with Gasteiger partial charge in [0.1, 0.15) is 16.8 Å². The van der Waals surface area contributed by atoms with Crippen LogP contribution in [-0.4, -0.2) is 61.2 Å². The zero-order valence-electron chi connectivity index (χ0n) is 22.2. The summed E-state index contributed by atoms with van der Waals surface area (Å²) >= 11 is 0. The molecule has 5 atom stereocenters. The normalized spacial score (nSPS) is 30.1. The second-order valence-corrected chi connectivity index (χ2v) is 13.0. The predicted octanol–water partition coefficient (Wildman–Crippen LogP) is 3.17. The van der Waals surface area contributed by atoms with Crippen LogP contribution in [0.15, 0.2) is 70.4 Å². The number of ether oxygens (including phenoxy) is 2. The fraction of sp³-hybridized carbons (Fsp3) is 0.367. The molecule has 0 unspecified atom stereocenters. The van der Waals surface area contributed by atoms with Crippen molar-refractivity contribution in [1.82, 2.24) is 9.62 Å². The van der Waals surface area contributed by atoms with Crippen LogP contribution in [0, 0.1) is 5.82 Å². The Hall–Kier alpha value is -3.67. The lowest BCUT2D eigenvalue weighted by Crippen LogP contribution is -2.78. The molecule has 1 saturated heterocycles. The van der Waals surface area contributed by atoms with Crippen molar-refractivity contribution in [3.63, 3.8) is 0 Å². The highest BCUT2D eigenvalue weighted by molar-refractivity contribution is 7.89. The third-order valence-electron chi connectivity index (χ3n) is 9.34. The van der Waals surface area contributed by atoms with Crippen LogP contribution in [0.5, 0.6) is 11.5 Å². The number of piperidine rings is 1. The Morgan fingerprint density at radius 1 is 1.22 bits per heavy atom. The number of rotatable bonds is 6. The van der Waals surface area contributed by atoms with Gasteiger partial charge in [0.05, 0.1) is 42.7 Å². The Bertz CT molecular complexity index is 1670. The molecule has 2 aliphatic carbocycles. The number of halogens is 1. The summed E-state index contributed by atoms with van der Waals surface area (Å²) in [7, 11) is -2.72. The fourth-order valence-corrected chi connectivity index (χ4v) is 9.38. The predicted molar refractivity (Wildman–Crippen MR) is 145 cm³/mol. The van der Waals surface area contributed by atoms with E-state index >= 15 is 0 Å². The number of hydrogen-bond acceptors (Lipinski definition) is 7. The van der Waals surface area contributed by atoms with Gasteiger partial charge in [-0.2, -0.15) is 4.31 Å². The number of carbonyl (C=O) groups is 1. The topological polar surface area (TPSA) is 118 Å². The number of carbonyl (C=O) groups excluding carboxylic acids is 1. The average Bonchev–Trinajstić information content (AvgIpc) is 3.59. The van der Waals surface area contributed by atoms with Gasteiger partial charge in [0.2, 0.25) is 15.9 Å². The van der Waals surface area contributed by atoms with Crippen LogP contribution in [0.4, 0.5) is 4.39 Å². The molecule has 3 heterocycles. The lowest BCUT2D eigenvalue weighted by atomic mass is 9.48. The van der Waals surface area contributed by atoms with E-state index in [9.17, 15) is 22.7 Å². The molecule has 3 aromatic rings. The number of methoxy groups -OCH3 is 1. The van der Waals surface area contributed by atoms with E-state index in [-0.39, 0.29) is 31.7 Å². The first kappa shape index (κ1) is 26.2. The van der Waals surface area contributed by atoms with Gasteiger partial charge in [-0.05, 0) is 61.6 Å². The summed E-state index contributed by atoms with van der Waals surface area (Å²) in [6, 6.07) is 9.39. The van der Waals surface area contributed by atoms with Gasteiger partial charge in [-0.15, -0.1) is 0 Å².